The van der Waals surface area contributed by atoms with Crippen molar-refractivity contribution in [3.63, 3.8) is 0 Å². The van der Waals surface area contributed by atoms with Gasteiger partial charge in [-0.2, -0.15) is 0 Å². The zero-order valence-corrected chi connectivity index (χ0v) is 10.7. The zero-order chi connectivity index (χ0) is 11.7. The molecular formula is C14H21NO. The van der Waals surface area contributed by atoms with Crippen LogP contribution in [-0.4, -0.2) is 11.6 Å². The Morgan fingerprint density at radius 1 is 1.25 bits per heavy atom. The standard InChI is InChI=1S/C14H21NO/c1-9(2)11-7-13-14(16-8-11)6-5-12(15-13)10(3)4/h5-6,9-11H,7-8H2,1-4H3. The average molecular weight is 219 g/mol. The monoisotopic (exact) mass is 219 g/mol. The van der Waals surface area contributed by atoms with Gasteiger partial charge in [-0.25, -0.2) is 0 Å². The van der Waals surface area contributed by atoms with E-state index in [0.717, 1.165) is 24.5 Å². The molecule has 0 saturated carbocycles. The Morgan fingerprint density at radius 3 is 2.62 bits per heavy atom. The maximum Gasteiger partial charge on any atom is 0.140 e. The average Bonchev–Trinajstić information content (AvgIpc) is 2.27. The van der Waals surface area contributed by atoms with Crippen LogP contribution in [0.15, 0.2) is 12.1 Å². The van der Waals surface area contributed by atoms with E-state index in [4.69, 9.17) is 9.72 Å². The van der Waals surface area contributed by atoms with E-state index in [1.807, 2.05) is 0 Å². The highest BCUT2D eigenvalue weighted by molar-refractivity contribution is 5.32. The molecule has 2 heterocycles. The van der Waals surface area contributed by atoms with Crippen LogP contribution in [0.3, 0.4) is 0 Å². The third-order valence-corrected chi connectivity index (χ3v) is 3.40. The van der Waals surface area contributed by atoms with E-state index in [1.165, 1.54) is 5.69 Å². The molecule has 0 N–H and O–H groups in total. The first-order valence-corrected chi connectivity index (χ1v) is 6.20. The van der Waals surface area contributed by atoms with Crippen molar-refractivity contribution < 1.29 is 4.74 Å². The molecule has 1 aliphatic heterocycles. The van der Waals surface area contributed by atoms with Gasteiger partial charge in [-0.1, -0.05) is 27.7 Å². The summed E-state index contributed by atoms with van der Waals surface area (Å²) in [5.41, 5.74) is 2.32. The van der Waals surface area contributed by atoms with Crippen LogP contribution < -0.4 is 4.74 Å². The van der Waals surface area contributed by atoms with Crippen LogP contribution in [0.1, 0.15) is 45.0 Å². The third-order valence-electron chi connectivity index (χ3n) is 3.40. The van der Waals surface area contributed by atoms with Crippen LogP contribution in [0.25, 0.3) is 0 Å². The van der Waals surface area contributed by atoms with Crippen LogP contribution in [0, 0.1) is 11.8 Å². The second-order valence-electron chi connectivity index (χ2n) is 5.35. The highest BCUT2D eigenvalue weighted by Crippen LogP contribution is 2.30. The second-order valence-corrected chi connectivity index (χ2v) is 5.35. The quantitative estimate of drug-likeness (QED) is 0.760. The highest BCUT2D eigenvalue weighted by atomic mass is 16.5. The maximum atomic E-state index is 5.77. The lowest BCUT2D eigenvalue weighted by Gasteiger charge is -2.27. The van der Waals surface area contributed by atoms with Crippen molar-refractivity contribution in [2.45, 2.75) is 40.0 Å². The summed E-state index contributed by atoms with van der Waals surface area (Å²) < 4.78 is 5.77. The lowest BCUT2D eigenvalue weighted by Crippen LogP contribution is -2.26. The summed E-state index contributed by atoms with van der Waals surface area (Å²) >= 11 is 0. The summed E-state index contributed by atoms with van der Waals surface area (Å²) in [5.74, 6) is 2.76. The predicted octanol–water partition coefficient (Wildman–Crippen LogP) is 3.41. The van der Waals surface area contributed by atoms with E-state index in [2.05, 4.69) is 39.8 Å². The van der Waals surface area contributed by atoms with Crippen molar-refractivity contribution in [3.8, 4) is 5.75 Å². The van der Waals surface area contributed by atoms with E-state index >= 15 is 0 Å². The molecule has 1 atom stereocenters. The minimum atomic E-state index is 0.490. The Hall–Kier alpha value is -1.05. The first-order valence-electron chi connectivity index (χ1n) is 6.20. The molecule has 2 heteroatoms. The molecule has 1 aromatic heterocycles. The van der Waals surface area contributed by atoms with Crippen LogP contribution in [0.2, 0.25) is 0 Å². The van der Waals surface area contributed by atoms with Gasteiger partial charge >= 0.3 is 0 Å². The van der Waals surface area contributed by atoms with Crippen LogP contribution in [0.5, 0.6) is 5.75 Å². The van der Waals surface area contributed by atoms with Crippen molar-refractivity contribution in [3.05, 3.63) is 23.5 Å². The van der Waals surface area contributed by atoms with E-state index in [-0.39, 0.29) is 0 Å². The number of fused-ring (bicyclic) bond motifs is 1. The lowest BCUT2D eigenvalue weighted by molar-refractivity contribution is 0.181. The molecule has 1 aromatic rings. The number of pyridine rings is 1. The van der Waals surface area contributed by atoms with Gasteiger partial charge in [0.2, 0.25) is 0 Å². The molecule has 0 spiro atoms. The first kappa shape index (κ1) is 11.4. The fourth-order valence-electron chi connectivity index (χ4n) is 2.04. The summed E-state index contributed by atoms with van der Waals surface area (Å²) in [6.07, 6.45) is 1.06. The fourth-order valence-corrected chi connectivity index (χ4v) is 2.04. The Labute approximate surface area is 98.0 Å². The maximum absolute atomic E-state index is 5.77. The molecule has 0 saturated heterocycles. The molecular weight excluding hydrogens is 198 g/mol. The predicted molar refractivity (Wildman–Crippen MR) is 65.9 cm³/mol. The van der Waals surface area contributed by atoms with Gasteiger partial charge < -0.3 is 4.74 Å². The van der Waals surface area contributed by atoms with Gasteiger partial charge in [-0.05, 0) is 30.4 Å². The summed E-state index contributed by atoms with van der Waals surface area (Å²) in [6, 6.07) is 4.16. The topological polar surface area (TPSA) is 22.1 Å². The molecule has 2 rings (SSSR count). The van der Waals surface area contributed by atoms with Gasteiger partial charge in [-0.15, -0.1) is 0 Å². The number of ether oxygens (including phenoxy) is 1. The van der Waals surface area contributed by atoms with Crippen molar-refractivity contribution >= 4 is 0 Å². The molecule has 0 amide bonds. The molecule has 0 fully saturated rings. The molecule has 0 aliphatic carbocycles. The number of rotatable bonds is 2. The molecule has 88 valence electrons. The molecule has 16 heavy (non-hydrogen) atoms. The Bertz CT molecular complexity index is 371. The zero-order valence-electron chi connectivity index (χ0n) is 10.7. The molecule has 1 aliphatic rings. The molecule has 0 radical (unpaired) electrons. The van der Waals surface area contributed by atoms with Gasteiger partial charge in [-0.3, -0.25) is 4.98 Å². The SMILES string of the molecule is CC(C)c1ccc2c(n1)CC(C(C)C)CO2. The van der Waals surface area contributed by atoms with E-state index in [9.17, 15) is 0 Å². The van der Waals surface area contributed by atoms with Gasteiger partial charge in [0.15, 0.2) is 0 Å². The number of aromatic nitrogens is 1. The minimum Gasteiger partial charge on any atom is -0.491 e. The van der Waals surface area contributed by atoms with E-state index in [1.54, 1.807) is 0 Å². The summed E-state index contributed by atoms with van der Waals surface area (Å²) in [5, 5.41) is 0. The molecule has 1 unspecified atom stereocenters. The summed E-state index contributed by atoms with van der Waals surface area (Å²) in [6.45, 7) is 9.71. The van der Waals surface area contributed by atoms with Crippen molar-refractivity contribution in [2.75, 3.05) is 6.61 Å². The second kappa shape index (κ2) is 4.44. The molecule has 0 bridgehead atoms. The van der Waals surface area contributed by atoms with Gasteiger partial charge in [0.25, 0.3) is 0 Å². The third kappa shape index (κ3) is 2.21. The normalized spacial score (nSPS) is 19.8. The van der Waals surface area contributed by atoms with Gasteiger partial charge in [0.05, 0.1) is 12.3 Å². The van der Waals surface area contributed by atoms with Crippen molar-refractivity contribution in [1.29, 1.82) is 0 Å². The number of hydrogen-bond donors (Lipinski definition) is 0. The Balaban J connectivity index is 2.25. The van der Waals surface area contributed by atoms with E-state index < -0.39 is 0 Å². The summed E-state index contributed by atoms with van der Waals surface area (Å²) in [4.78, 5) is 4.72. The van der Waals surface area contributed by atoms with Crippen molar-refractivity contribution in [2.24, 2.45) is 11.8 Å². The van der Waals surface area contributed by atoms with Crippen LogP contribution in [0.4, 0.5) is 0 Å². The first-order chi connectivity index (χ1) is 7.58. The van der Waals surface area contributed by atoms with Crippen molar-refractivity contribution in [1.82, 2.24) is 4.98 Å². The highest BCUT2D eigenvalue weighted by Gasteiger charge is 2.23. The smallest absolute Gasteiger partial charge is 0.140 e. The van der Waals surface area contributed by atoms with Crippen LogP contribution >= 0.6 is 0 Å². The number of nitrogens with zero attached hydrogens (tertiary/aromatic N) is 1. The minimum absolute atomic E-state index is 0.490. The Kier molecular flexibility index (Phi) is 3.17. The van der Waals surface area contributed by atoms with Gasteiger partial charge in [0.1, 0.15) is 5.75 Å². The number of hydrogen-bond acceptors (Lipinski definition) is 2. The summed E-state index contributed by atoms with van der Waals surface area (Å²) in [7, 11) is 0. The fraction of sp³-hybridized carbons (Fsp3) is 0.643. The van der Waals surface area contributed by atoms with E-state index in [0.29, 0.717) is 17.8 Å². The van der Waals surface area contributed by atoms with Crippen LogP contribution in [-0.2, 0) is 6.42 Å². The Morgan fingerprint density at radius 2 is 2.00 bits per heavy atom. The molecule has 0 aromatic carbocycles. The lowest BCUT2D eigenvalue weighted by atomic mass is 9.90. The van der Waals surface area contributed by atoms with Gasteiger partial charge in [0, 0.05) is 11.6 Å². The molecule has 2 nitrogen and oxygen atoms in total. The largest absolute Gasteiger partial charge is 0.491 e.